The van der Waals surface area contributed by atoms with Gasteiger partial charge in [0.05, 0.1) is 13.1 Å². The normalized spacial score (nSPS) is 14.5. The summed E-state index contributed by atoms with van der Waals surface area (Å²) in [7, 11) is 0. The average molecular weight is 786 g/mol. The van der Waals surface area contributed by atoms with Crippen LogP contribution in [0.3, 0.4) is 0 Å². The van der Waals surface area contributed by atoms with Gasteiger partial charge in [-0.2, -0.15) is 0 Å². The molecule has 0 unspecified atom stereocenters. The van der Waals surface area contributed by atoms with E-state index in [0.29, 0.717) is 5.56 Å². The van der Waals surface area contributed by atoms with Gasteiger partial charge in [-0.1, -0.05) is 59.7 Å². The first-order valence-electron chi connectivity index (χ1n) is 18.8. The van der Waals surface area contributed by atoms with E-state index in [1.807, 2.05) is 52.0 Å². The molecule has 0 bridgehead atoms. The Labute approximate surface area is 327 Å². The molecule has 18 nitrogen and oxygen atoms in total. The average Bonchev–Trinajstić information content (AvgIpc) is 3.53. The number of carbonyl (C=O) groups excluding carboxylic acids is 7. The smallest absolute Gasteiger partial charge is 0.326 e. The Balaban J connectivity index is 1.98. The van der Waals surface area contributed by atoms with Crippen LogP contribution in [0.2, 0.25) is 0 Å². The molecule has 6 atom stereocenters. The van der Waals surface area contributed by atoms with Crippen LogP contribution in [0.5, 0.6) is 0 Å². The van der Waals surface area contributed by atoms with Crippen LogP contribution in [0.25, 0.3) is 10.9 Å². The molecule has 11 N–H and O–H groups in total. The van der Waals surface area contributed by atoms with E-state index in [0.717, 1.165) is 10.9 Å². The van der Waals surface area contributed by atoms with Crippen molar-refractivity contribution in [1.82, 2.24) is 42.2 Å². The lowest BCUT2D eigenvalue weighted by molar-refractivity contribution is -0.141. The Morgan fingerprint density at radius 1 is 0.643 bits per heavy atom. The van der Waals surface area contributed by atoms with Gasteiger partial charge in [0.15, 0.2) is 0 Å². The monoisotopic (exact) mass is 785 g/mol. The van der Waals surface area contributed by atoms with E-state index >= 15 is 0 Å². The minimum atomic E-state index is -1.27. The number of nitrogens with two attached hydrogens (primary N) is 1. The van der Waals surface area contributed by atoms with Gasteiger partial charge in [0, 0.05) is 23.5 Å². The number of hydrogen-bond donors (Lipinski definition) is 10. The SMILES string of the molecule is CC(C)C[C@H](NC(=O)[C@H](CC(C)C)NC(=O)[C@@H](NC(=O)CN)C(C)C)C(=O)N[C@@H](C)C(=O)N[C@@H](C)C(=O)NCC(=O)N[C@@H](Cc1c[nH]c2ccccc12)C(=O)O. The Bertz CT molecular complexity index is 1710. The zero-order valence-corrected chi connectivity index (χ0v) is 33.4. The maximum Gasteiger partial charge on any atom is 0.326 e. The number of nitrogens with one attached hydrogen (secondary N) is 8. The van der Waals surface area contributed by atoms with Crippen molar-refractivity contribution in [2.24, 2.45) is 23.5 Å². The van der Waals surface area contributed by atoms with Crippen LogP contribution in [0, 0.1) is 17.8 Å². The molecule has 0 radical (unpaired) electrons. The van der Waals surface area contributed by atoms with Gasteiger partial charge in [-0.05, 0) is 56.1 Å². The third-order valence-corrected chi connectivity index (χ3v) is 8.79. The summed E-state index contributed by atoms with van der Waals surface area (Å²) in [4.78, 5) is 105. The van der Waals surface area contributed by atoms with Crippen LogP contribution in [-0.4, -0.2) is 107 Å². The molecule has 1 aromatic heterocycles. The van der Waals surface area contributed by atoms with Crippen molar-refractivity contribution < 1.29 is 43.5 Å². The summed E-state index contributed by atoms with van der Waals surface area (Å²) in [6, 6.07) is 0.672. The highest BCUT2D eigenvalue weighted by Crippen LogP contribution is 2.19. The van der Waals surface area contributed by atoms with Gasteiger partial charge >= 0.3 is 5.97 Å². The lowest BCUT2D eigenvalue weighted by Crippen LogP contribution is -2.59. The van der Waals surface area contributed by atoms with Gasteiger partial charge in [0.25, 0.3) is 0 Å². The number of fused-ring (bicyclic) bond motifs is 1. The Kier molecular flexibility index (Phi) is 18.4. The number of H-pyrrole nitrogens is 1. The maximum absolute atomic E-state index is 13.5. The molecule has 0 aliphatic rings. The van der Waals surface area contributed by atoms with Crippen LogP contribution in [0.15, 0.2) is 30.5 Å². The minimum absolute atomic E-state index is 0.00112. The summed E-state index contributed by atoms with van der Waals surface area (Å²) < 4.78 is 0. The Morgan fingerprint density at radius 2 is 1.18 bits per heavy atom. The first-order valence-corrected chi connectivity index (χ1v) is 18.8. The molecule has 56 heavy (non-hydrogen) atoms. The van der Waals surface area contributed by atoms with E-state index in [2.05, 4.69) is 42.2 Å². The van der Waals surface area contributed by atoms with Crippen molar-refractivity contribution in [1.29, 1.82) is 0 Å². The molecule has 0 saturated heterocycles. The third kappa shape index (κ3) is 15.0. The van der Waals surface area contributed by atoms with Gasteiger partial charge in [0.1, 0.15) is 36.3 Å². The van der Waals surface area contributed by atoms with Crippen molar-refractivity contribution in [3.05, 3.63) is 36.0 Å². The number of amides is 7. The molecule has 310 valence electrons. The second-order valence-electron chi connectivity index (χ2n) is 15.1. The summed E-state index contributed by atoms with van der Waals surface area (Å²) in [6.07, 6.45) is 2.10. The molecule has 0 spiro atoms. The number of carboxylic acids is 1. The predicted molar refractivity (Wildman–Crippen MR) is 208 cm³/mol. The molecule has 0 aliphatic carbocycles. The lowest BCUT2D eigenvalue weighted by Gasteiger charge is -2.28. The highest BCUT2D eigenvalue weighted by atomic mass is 16.4. The number of aliphatic carboxylic acids is 1. The zero-order valence-electron chi connectivity index (χ0n) is 33.4. The molecule has 18 heteroatoms. The number of carbonyl (C=O) groups is 8. The lowest BCUT2D eigenvalue weighted by atomic mass is 9.98. The van der Waals surface area contributed by atoms with Crippen molar-refractivity contribution >= 4 is 58.2 Å². The molecule has 1 heterocycles. The van der Waals surface area contributed by atoms with Crippen LogP contribution in [0.4, 0.5) is 0 Å². The van der Waals surface area contributed by atoms with Crippen molar-refractivity contribution in [2.45, 2.75) is 111 Å². The van der Waals surface area contributed by atoms with Gasteiger partial charge in [-0.3, -0.25) is 33.6 Å². The number of benzene rings is 1. The Hall–Kier alpha value is -5.52. The number of aromatic nitrogens is 1. The fourth-order valence-electron chi connectivity index (χ4n) is 5.78. The maximum atomic E-state index is 13.5. The van der Waals surface area contributed by atoms with Gasteiger partial charge in [0.2, 0.25) is 41.4 Å². The van der Waals surface area contributed by atoms with E-state index < -0.39 is 90.1 Å². The van der Waals surface area contributed by atoms with Crippen LogP contribution in [0.1, 0.15) is 73.8 Å². The first kappa shape index (κ1) is 46.6. The molecule has 1 aromatic carbocycles. The fourth-order valence-corrected chi connectivity index (χ4v) is 5.78. The van der Waals surface area contributed by atoms with Crippen LogP contribution < -0.4 is 43.0 Å². The molecule has 0 fully saturated rings. The number of carboxylic acid groups (broad SMARTS) is 1. The largest absolute Gasteiger partial charge is 0.480 e. The summed E-state index contributed by atoms with van der Waals surface area (Å²) in [5, 5.41) is 28.3. The second-order valence-corrected chi connectivity index (χ2v) is 15.1. The first-order chi connectivity index (χ1) is 26.2. The molecule has 0 aliphatic heterocycles. The van der Waals surface area contributed by atoms with E-state index in [1.165, 1.54) is 13.8 Å². The molecular formula is C38H59N9O9. The number of para-hydroxylation sites is 1. The quantitative estimate of drug-likeness (QED) is 0.0735. The molecule has 7 amide bonds. The van der Waals surface area contributed by atoms with E-state index in [1.54, 1.807) is 20.0 Å². The molecular weight excluding hydrogens is 726 g/mol. The summed E-state index contributed by atoms with van der Waals surface area (Å²) in [5.41, 5.74) is 6.91. The predicted octanol–water partition coefficient (Wildman–Crippen LogP) is -0.433. The van der Waals surface area contributed by atoms with Gasteiger partial charge < -0.3 is 53.0 Å². The van der Waals surface area contributed by atoms with Crippen LogP contribution >= 0.6 is 0 Å². The summed E-state index contributed by atoms with van der Waals surface area (Å²) >= 11 is 0. The number of hydrogen-bond acceptors (Lipinski definition) is 9. The molecule has 0 saturated carbocycles. The van der Waals surface area contributed by atoms with Crippen LogP contribution in [-0.2, 0) is 44.8 Å². The highest BCUT2D eigenvalue weighted by Gasteiger charge is 2.33. The fraction of sp³-hybridized carbons (Fsp3) is 0.579. The third-order valence-electron chi connectivity index (χ3n) is 8.79. The molecule has 2 aromatic rings. The van der Waals surface area contributed by atoms with Crippen molar-refractivity contribution in [3.8, 4) is 0 Å². The number of aromatic amines is 1. The number of rotatable bonds is 22. The Morgan fingerprint density at radius 3 is 1.73 bits per heavy atom. The highest BCUT2D eigenvalue weighted by molar-refractivity contribution is 5.97. The topological polar surface area (TPSA) is 283 Å². The second kappa shape index (κ2) is 22.1. The standard InChI is InChI=1S/C38H59N9O9/c1-19(2)13-27(45-36(53)28(14-20(3)4)46-37(54)32(21(5)6)47-30(48)16-39)35(52)43-23(8)34(51)42-22(7)33(50)41-18-31(49)44-29(38(55)56)15-24-17-40-26-12-10-9-11-25(24)26/h9-12,17,19-23,27-29,32,40H,13-16,18,39H2,1-8H3,(H,41,50)(H,42,51)(H,43,52)(H,44,49)(H,45,53)(H,46,54)(H,47,48)(H,55,56)/t22-,23-,27-,28-,29-,32-/m0/s1. The van der Waals surface area contributed by atoms with E-state index in [4.69, 9.17) is 5.73 Å². The molecule has 2 rings (SSSR count). The van der Waals surface area contributed by atoms with Gasteiger partial charge in [-0.15, -0.1) is 0 Å². The summed E-state index contributed by atoms with van der Waals surface area (Å²) in [6.45, 7) is 12.8. The summed E-state index contributed by atoms with van der Waals surface area (Å²) in [5.74, 6) is -6.29. The zero-order chi connectivity index (χ0) is 42.3. The van der Waals surface area contributed by atoms with Gasteiger partial charge in [-0.25, -0.2) is 4.79 Å². The van der Waals surface area contributed by atoms with Crippen molar-refractivity contribution in [2.75, 3.05) is 13.1 Å². The van der Waals surface area contributed by atoms with E-state index in [9.17, 15) is 43.5 Å². The van der Waals surface area contributed by atoms with Crippen molar-refractivity contribution in [3.63, 3.8) is 0 Å². The minimum Gasteiger partial charge on any atom is -0.480 e. The van der Waals surface area contributed by atoms with E-state index in [-0.39, 0.29) is 43.6 Å².